The van der Waals surface area contributed by atoms with Gasteiger partial charge in [0.05, 0.1) is 16.1 Å². The van der Waals surface area contributed by atoms with Crippen molar-refractivity contribution in [2.45, 2.75) is 11.8 Å². The van der Waals surface area contributed by atoms with E-state index in [1.165, 1.54) is 31.3 Å². The number of aryl methyl sites for hydroxylation is 1. The van der Waals surface area contributed by atoms with E-state index >= 15 is 0 Å². The number of sulfonamides is 1. The number of imide groups is 1. The molecule has 0 aliphatic rings. The first-order valence-electron chi connectivity index (χ1n) is 9.16. The highest BCUT2D eigenvalue weighted by Gasteiger charge is 2.23. The lowest BCUT2D eigenvalue weighted by atomic mass is 10.2. The zero-order chi connectivity index (χ0) is 23.0. The van der Waals surface area contributed by atoms with Crippen LogP contribution in [-0.2, 0) is 19.6 Å². The molecule has 0 aromatic heterocycles. The van der Waals surface area contributed by atoms with Gasteiger partial charge in [0.2, 0.25) is 0 Å². The Morgan fingerprint density at radius 1 is 1.13 bits per heavy atom. The standard InChI is InChI=1S/C21H23N3O6S/c1-4-12-22-21(27)23-19(25)14-30-20(26)16-6-5-7-18(13-16)31(28,29)24(3)17-10-8-15(2)9-11-17/h4-11,13H,1,12,14H2,2-3H3,(H2,22,23,25,27). The number of carbonyl (C=O) groups excluding carboxylic acids is 3. The van der Waals surface area contributed by atoms with Gasteiger partial charge in [-0.1, -0.05) is 29.8 Å². The Labute approximate surface area is 180 Å². The van der Waals surface area contributed by atoms with E-state index < -0.39 is 34.5 Å². The molecular formula is C21H23N3O6S. The van der Waals surface area contributed by atoms with Crippen LogP contribution >= 0.6 is 0 Å². The van der Waals surface area contributed by atoms with E-state index in [9.17, 15) is 22.8 Å². The lowest BCUT2D eigenvalue weighted by Crippen LogP contribution is -2.41. The van der Waals surface area contributed by atoms with Crippen LogP contribution in [0.1, 0.15) is 15.9 Å². The minimum atomic E-state index is -3.93. The molecule has 31 heavy (non-hydrogen) atoms. The molecule has 0 saturated heterocycles. The van der Waals surface area contributed by atoms with Crippen LogP contribution in [0.15, 0.2) is 66.1 Å². The van der Waals surface area contributed by atoms with E-state index in [1.807, 2.05) is 12.2 Å². The Morgan fingerprint density at radius 3 is 2.45 bits per heavy atom. The lowest BCUT2D eigenvalue weighted by molar-refractivity contribution is -0.123. The third-order valence-corrected chi connectivity index (χ3v) is 5.90. The van der Waals surface area contributed by atoms with Crippen LogP contribution in [0.2, 0.25) is 0 Å². The summed E-state index contributed by atoms with van der Waals surface area (Å²) in [5, 5.41) is 4.31. The van der Waals surface area contributed by atoms with Crippen molar-refractivity contribution in [2.24, 2.45) is 0 Å². The summed E-state index contributed by atoms with van der Waals surface area (Å²) in [7, 11) is -2.52. The lowest BCUT2D eigenvalue weighted by Gasteiger charge is -2.20. The zero-order valence-electron chi connectivity index (χ0n) is 17.1. The summed E-state index contributed by atoms with van der Waals surface area (Å²) in [5.41, 5.74) is 1.40. The van der Waals surface area contributed by atoms with E-state index in [-0.39, 0.29) is 17.0 Å². The Balaban J connectivity index is 2.07. The van der Waals surface area contributed by atoms with Crippen molar-refractivity contribution in [3.63, 3.8) is 0 Å². The molecule has 0 unspecified atom stereocenters. The molecule has 0 aliphatic carbocycles. The average Bonchev–Trinajstić information content (AvgIpc) is 2.76. The molecule has 9 nitrogen and oxygen atoms in total. The van der Waals surface area contributed by atoms with E-state index in [0.717, 1.165) is 15.9 Å². The van der Waals surface area contributed by atoms with E-state index in [4.69, 9.17) is 4.74 Å². The van der Waals surface area contributed by atoms with Crippen molar-refractivity contribution in [3.05, 3.63) is 72.3 Å². The fraction of sp³-hybridized carbons (Fsp3) is 0.190. The number of urea groups is 1. The van der Waals surface area contributed by atoms with Gasteiger partial charge in [0.25, 0.3) is 15.9 Å². The molecule has 2 rings (SSSR count). The largest absolute Gasteiger partial charge is 0.452 e. The van der Waals surface area contributed by atoms with E-state index in [1.54, 1.807) is 24.3 Å². The third kappa shape index (κ3) is 6.41. The summed E-state index contributed by atoms with van der Waals surface area (Å²) in [6, 6.07) is 11.5. The molecule has 2 N–H and O–H groups in total. The molecule has 3 amide bonds. The fourth-order valence-corrected chi connectivity index (χ4v) is 3.66. The van der Waals surface area contributed by atoms with Crippen LogP contribution in [0.3, 0.4) is 0 Å². The SMILES string of the molecule is C=CCNC(=O)NC(=O)COC(=O)c1cccc(S(=O)(=O)N(C)c2ccc(C)cc2)c1. The Morgan fingerprint density at radius 2 is 1.81 bits per heavy atom. The van der Waals surface area contributed by atoms with Crippen LogP contribution in [0.4, 0.5) is 10.5 Å². The van der Waals surface area contributed by atoms with Crippen LogP contribution in [0.5, 0.6) is 0 Å². The smallest absolute Gasteiger partial charge is 0.338 e. The number of nitrogens with zero attached hydrogens (tertiary/aromatic N) is 1. The van der Waals surface area contributed by atoms with Gasteiger partial charge in [0.1, 0.15) is 0 Å². The predicted octanol–water partition coefficient (Wildman–Crippen LogP) is 1.99. The minimum Gasteiger partial charge on any atom is -0.452 e. The molecule has 2 aromatic carbocycles. The minimum absolute atomic E-state index is 0.0534. The van der Waals surface area contributed by atoms with Crippen LogP contribution in [0, 0.1) is 6.92 Å². The Kier molecular flexibility index (Phi) is 7.92. The maximum absolute atomic E-state index is 12.9. The molecular weight excluding hydrogens is 422 g/mol. The maximum Gasteiger partial charge on any atom is 0.338 e. The van der Waals surface area contributed by atoms with E-state index in [2.05, 4.69) is 11.9 Å². The number of rotatable bonds is 8. The van der Waals surface area contributed by atoms with E-state index in [0.29, 0.717) is 5.69 Å². The molecule has 10 heteroatoms. The summed E-state index contributed by atoms with van der Waals surface area (Å²) in [5.74, 6) is -1.74. The summed E-state index contributed by atoms with van der Waals surface area (Å²) < 4.78 is 31.8. The predicted molar refractivity (Wildman–Crippen MR) is 115 cm³/mol. The summed E-state index contributed by atoms with van der Waals surface area (Å²) >= 11 is 0. The molecule has 0 saturated carbocycles. The van der Waals surface area contributed by atoms with Gasteiger partial charge in [-0.25, -0.2) is 18.0 Å². The van der Waals surface area contributed by atoms with Gasteiger partial charge >= 0.3 is 12.0 Å². The first-order chi connectivity index (χ1) is 14.6. The number of hydrogen-bond acceptors (Lipinski definition) is 6. The number of hydrogen-bond donors (Lipinski definition) is 2. The fourth-order valence-electron chi connectivity index (χ4n) is 2.42. The molecule has 164 valence electrons. The topological polar surface area (TPSA) is 122 Å². The number of benzene rings is 2. The monoisotopic (exact) mass is 445 g/mol. The highest BCUT2D eigenvalue weighted by molar-refractivity contribution is 7.92. The maximum atomic E-state index is 12.9. The second kappa shape index (κ2) is 10.4. The van der Waals surface area contributed by atoms with Crippen molar-refractivity contribution >= 4 is 33.6 Å². The van der Waals surface area contributed by atoms with Crippen LogP contribution < -0.4 is 14.9 Å². The highest BCUT2D eigenvalue weighted by Crippen LogP contribution is 2.23. The number of nitrogens with one attached hydrogen (secondary N) is 2. The number of esters is 1. The molecule has 0 fully saturated rings. The molecule has 0 spiro atoms. The second-order valence-electron chi connectivity index (χ2n) is 6.46. The van der Waals surface area contributed by atoms with Gasteiger partial charge in [-0.3, -0.25) is 14.4 Å². The average molecular weight is 445 g/mol. The van der Waals surface area contributed by atoms with Crippen molar-refractivity contribution in [1.29, 1.82) is 0 Å². The van der Waals surface area contributed by atoms with Crippen LogP contribution in [0.25, 0.3) is 0 Å². The molecule has 0 heterocycles. The first-order valence-corrected chi connectivity index (χ1v) is 10.6. The molecule has 2 aromatic rings. The Bertz CT molecular complexity index is 1080. The van der Waals surface area contributed by atoms with Gasteiger partial charge in [-0.15, -0.1) is 6.58 Å². The summed E-state index contributed by atoms with van der Waals surface area (Å²) in [6.07, 6.45) is 1.43. The zero-order valence-corrected chi connectivity index (χ0v) is 17.9. The molecule has 0 atom stereocenters. The van der Waals surface area contributed by atoms with Gasteiger partial charge in [-0.05, 0) is 37.3 Å². The van der Waals surface area contributed by atoms with Crippen molar-refractivity contribution < 1.29 is 27.5 Å². The summed E-state index contributed by atoms with van der Waals surface area (Å²) in [6.45, 7) is 4.76. The van der Waals surface area contributed by atoms with Gasteiger partial charge in [-0.2, -0.15) is 0 Å². The number of carbonyl (C=O) groups is 3. The number of ether oxygens (including phenoxy) is 1. The second-order valence-corrected chi connectivity index (χ2v) is 8.43. The Hall–Kier alpha value is -3.66. The first kappa shape index (κ1) is 23.6. The van der Waals surface area contributed by atoms with Crippen molar-refractivity contribution in [3.8, 4) is 0 Å². The van der Waals surface area contributed by atoms with Gasteiger partial charge in [0, 0.05) is 13.6 Å². The molecule has 0 bridgehead atoms. The van der Waals surface area contributed by atoms with Gasteiger partial charge < -0.3 is 10.1 Å². The third-order valence-electron chi connectivity index (χ3n) is 4.12. The van der Waals surface area contributed by atoms with Crippen molar-refractivity contribution in [2.75, 3.05) is 24.5 Å². The highest BCUT2D eigenvalue weighted by atomic mass is 32.2. The number of amides is 3. The molecule has 0 aliphatic heterocycles. The summed E-state index contributed by atoms with van der Waals surface area (Å²) in [4.78, 5) is 35.2. The number of anilines is 1. The normalized spacial score (nSPS) is 10.6. The molecule has 0 radical (unpaired) electrons. The van der Waals surface area contributed by atoms with Gasteiger partial charge in [0.15, 0.2) is 6.61 Å². The van der Waals surface area contributed by atoms with Crippen molar-refractivity contribution in [1.82, 2.24) is 10.6 Å². The van der Waals surface area contributed by atoms with Crippen LogP contribution in [-0.4, -0.2) is 46.5 Å². The quantitative estimate of drug-likeness (QED) is 0.473.